The molecule has 1 heterocycles. The summed E-state index contributed by atoms with van der Waals surface area (Å²) >= 11 is 6.98. The molecule has 0 radical (unpaired) electrons. The van der Waals surface area contributed by atoms with Crippen LogP contribution in [0, 0.1) is 0 Å². The van der Waals surface area contributed by atoms with E-state index in [0.29, 0.717) is 6.42 Å². The van der Waals surface area contributed by atoms with E-state index < -0.39 is 20.7 Å². The third-order valence-corrected chi connectivity index (χ3v) is 11.1. The number of rotatable bonds is 11. The second-order valence-corrected chi connectivity index (χ2v) is 16.8. The van der Waals surface area contributed by atoms with Gasteiger partial charge in [0.1, 0.15) is 18.3 Å². The average molecular weight is 588 g/mol. The van der Waals surface area contributed by atoms with Crippen LogP contribution in [-0.4, -0.2) is 72.6 Å². The second kappa shape index (κ2) is 12.8. The van der Waals surface area contributed by atoms with E-state index in [1.54, 1.807) is 21.3 Å². The van der Waals surface area contributed by atoms with E-state index in [1.807, 2.05) is 19.1 Å². The van der Waals surface area contributed by atoms with Crippen molar-refractivity contribution in [3.8, 4) is 0 Å². The molecule has 1 aliphatic heterocycles. The van der Waals surface area contributed by atoms with Gasteiger partial charge in [0.2, 0.25) is 0 Å². The predicted molar refractivity (Wildman–Crippen MR) is 134 cm³/mol. The third kappa shape index (κ3) is 8.00. The molecule has 7 atom stereocenters. The van der Waals surface area contributed by atoms with Crippen molar-refractivity contribution in [2.24, 2.45) is 0 Å². The second-order valence-electron chi connectivity index (χ2n) is 9.31. The molecule has 1 saturated heterocycles. The van der Waals surface area contributed by atoms with Gasteiger partial charge in [-0.05, 0) is 69.4 Å². The van der Waals surface area contributed by atoms with E-state index in [-0.39, 0.29) is 35.6 Å². The summed E-state index contributed by atoms with van der Waals surface area (Å²) in [6.07, 6.45) is 1.84. The molecule has 1 fully saturated rings. The first-order valence-corrected chi connectivity index (χ1v) is 15.0. The summed E-state index contributed by atoms with van der Waals surface area (Å²) in [6.45, 7) is 17.0. The molecule has 9 heteroatoms. The van der Waals surface area contributed by atoms with Gasteiger partial charge in [-0.15, -0.1) is 6.58 Å². The van der Waals surface area contributed by atoms with Gasteiger partial charge in [0.05, 0.1) is 21.7 Å². The fourth-order valence-electron chi connectivity index (χ4n) is 3.39. The fourth-order valence-corrected chi connectivity index (χ4v) is 5.16. The summed E-state index contributed by atoms with van der Waals surface area (Å²) in [4.78, 5) is 0. The molecule has 1 aliphatic rings. The van der Waals surface area contributed by atoms with E-state index in [4.69, 9.17) is 28.1 Å². The monoisotopic (exact) mass is 586 g/mol. The molecule has 0 unspecified atom stereocenters. The standard InChI is InChI=1S/C22H40Br2O6Si/c1-11-12-15(16(13-17(23)24)30-31(9,10)22(3,4)5)29-21-20(27-8)19(26-7)18(25-6)14(2)28-21/h11,13-16,18-21H,1,12H2,2-10H3/t14-,15-,16+,18-,19+,20+,21-/m0/s1. The molecule has 1 rings (SSSR count). The van der Waals surface area contributed by atoms with Crippen LogP contribution in [-0.2, 0) is 28.1 Å². The van der Waals surface area contributed by atoms with Crippen molar-refractivity contribution < 1.29 is 28.1 Å². The number of hydrogen-bond acceptors (Lipinski definition) is 6. The molecule has 31 heavy (non-hydrogen) atoms. The quantitative estimate of drug-likeness (QED) is 0.226. The van der Waals surface area contributed by atoms with E-state index >= 15 is 0 Å². The van der Waals surface area contributed by atoms with E-state index in [0.717, 1.165) is 3.39 Å². The van der Waals surface area contributed by atoms with Crippen LogP contribution in [0.15, 0.2) is 22.1 Å². The van der Waals surface area contributed by atoms with E-state index in [2.05, 4.69) is 72.3 Å². The first kappa shape index (κ1) is 29.4. The lowest BCUT2D eigenvalue weighted by atomic mass is 9.99. The summed E-state index contributed by atoms with van der Waals surface area (Å²) in [5.74, 6) is 0. The van der Waals surface area contributed by atoms with Gasteiger partial charge in [-0.3, -0.25) is 0 Å². The van der Waals surface area contributed by atoms with Crippen LogP contribution in [0.2, 0.25) is 18.1 Å². The predicted octanol–water partition coefficient (Wildman–Crippen LogP) is 5.76. The zero-order valence-electron chi connectivity index (χ0n) is 20.3. The Balaban J connectivity index is 3.23. The van der Waals surface area contributed by atoms with Gasteiger partial charge in [0.15, 0.2) is 14.6 Å². The molecule has 0 aromatic carbocycles. The molecular formula is C22H40Br2O6Si. The Hall–Kier alpha value is 0.417. The molecular weight excluding hydrogens is 548 g/mol. The van der Waals surface area contributed by atoms with Crippen LogP contribution < -0.4 is 0 Å². The van der Waals surface area contributed by atoms with Gasteiger partial charge in [-0.1, -0.05) is 26.8 Å². The Morgan fingerprint density at radius 1 is 1.06 bits per heavy atom. The summed E-state index contributed by atoms with van der Waals surface area (Å²) in [7, 11) is 2.83. The zero-order valence-corrected chi connectivity index (χ0v) is 24.5. The van der Waals surface area contributed by atoms with Crippen molar-refractivity contribution in [2.45, 2.75) is 95.2 Å². The summed E-state index contributed by atoms with van der Waals surface area (Å²) in [5.41, 5.74) is 0. The van der Waals surface area contributed by atoms with E-state index in [1.165, 1.54) is 0 Å². The van der Waals surface area contributed by atoms with Crippen LogP contribution in [0.3, 0.4) is 0 Å². The molecule has 0 N–H and O–H groups in total. The van der Waals surface area contributed by atoms with Crippen LogP contribution >= 0.6 is 31.9 Å². The molecule has 0 spiro atoms. The average Bonchev–Trinajstić information content (AvgIpc) is 2.65. The number of hydrogen-bond donors (Lipinski definition) is 0. The Kier molecular flexibility index (Phi) is 12.1. The lowest BCUT2D eigenvalue weighted by molar-refractivity contribution is -0.318. The lowest BCUT2D eigenvalue weighted by Crippen LogP contribution is -2.60. The maximum Gasteiger partial charge on any atom is 0.193 e. The minimum Gasteiger partial charge on any atom is -0.408 e. The van der Waals surface area contributed by atoms with Crippen molar-refractivity contribution in [3.63, 3.8) is 0 Å². The van der Waals surface area contributed by atoms with Gasteiger partial charge in [-0.2, -0.15) is 0 Å². The zero-order chi connectivity index (χ0) is 24.0. The molecule has 0 amide bonds. The van der Waals surface area contributed by atoms with E-state index in [9.17, 15) is 0 Å². The fraction of sp³-hybridized carbons (Fsp3) is 0.818. The van der Waals surface area contributed by atoms with Crippen LogP contribution in [0.5, 0.6) is 0 Å². The lowest BCUT2D eigenvalue weighted by Gasteiger charge is -2.46. The van der Waals surface area contributed by atoms with Crippen molar-refractivity contribution in [3.05, 3.63) is 22.1 Å². The third-order valence-electron chi connectivity index (χ3n) is 6.15. The van der Waals surface area contributed by atoms with Gasteiger partial charge >= 0.3 is 0 Å². The smallest absolute Gasteiger partial charge is 0.193 e. The topological polar surface area (TPSA) is 55.4 Å². The Morgan fingerprint density at radius 2 is 1.61 bits per heavy atom. The van der Waals surface area contributed by atoms with Crippen LogP contribution in [0.25, 0.3) is 0 Å². The highest BCUT2D eigenvalue weighted by Crippen LogP contribution is 2.39. The molecule has 0 bridgehead atoms. The SMILES string of the molecule is C=CC[C@H](O[C@@H]1O[C@@H](C)[C@H](OC)[C@@H](OC)[C@H]1OC)[C@@H](C=C(Br)Br)O[Si](C)(C)C(C)(C)C. The first-order valence-electron chi connectivity index (χ1n) is 10.5. The number of ether oxygens (including phenoxy) is 5. The molecule has 6 nitrogen and oxygen atoms in total. The van der Waals surface area contributed by atoms with Gasteiger partial charge in [-0.25, -0.2) is 0 Å². The molecule has 0 aromatic heterocycles. The van der Waals surface area contributed by atoms with Crippen molar-refractivity contribution in [1.29, 1.82) is 0 Å². The largest absolute Gasteiger partial charge is 0.408 e. The Bertz CT molecular complexity index is 591. The maximum absolute atomic E-state index is 6.74. The summed E-state index contributed by atoms with van der Waals surface area (Å²) < 4.78 is 37.3. The number of halogens is 2. The highest BCUT2D eigenvalue weighted by molar-refractivity contribution is 9.28. The van der Waals surface area contributed by atoms with Crippen molar-refractivity contribution in [1.82, 2.24) is 0 Å². The van der Waals surface area contributed by atoms with Crippen LogP contribution in [0.1, 0.15) is 34.1 Å². The Labute approximate surface area is 206 Å². The first-order chi connectivity index (χ1) is 14.3. The van der Waals surface area contributed by atoms with Crippen LogP contribution in [0.4, 0.5) is 0 Å². The van der Waals surface area contributed by atoms with Gasteiger partial charge in [0, 0.05) is 21.3 Å². The maximum atomic E-state index is 6.74. The van der Waals surface area contributed by atoms with Gasteiger partial charge in [0.25, 0.3) is 0 Å². The highest BCUT2D eigenvalue weighted by atomic mass is 79.9. The normalized spacial score (nSPS) is 29.3. The molecule has 0 aromatic rings. The van der Waals surface area contributed by atoms with Crippen molar-refractivity contribution >= 4 is 40.2 Å². The molecule has 0 saturated carbocycles. The van der Waals surface area contributed by atoms with Crippen molar-refractivity contribution in [2.75, 3.05) is 21.3 Å². The highest BCUT2D eigenvalue weighted by Gasteiger charge is 2.48. The minimum absolute atomic E-state index is 0.0500. The van der Waals surface area contributed by atoms with Gasteiger partial charge < -0.3 is 28.1 Å². The molecule has 182 valence electrons. The minimum atomic E-state index is -2.09. The Morgan fingerprint density at radius 3 is 2.03 bits per heavy atom. The molecule has 0 aliphatic carbocycles. The summed E-state index contributed by atoms with van der Waals surface area (Å²) in [6, 6.07) is 0. The summed E-state index contributed by atoms with van der Waals surface area (Å²) in [5, 5.41) is 0.0500. The number of methoxy groups -OCH3 is 3.